The van der Waals surface area contributed by atoms with E-state index in [0.29, 0.717) is 17.7 Å². The van der Waals surface area contributed by atoms with Crippen LogP contribution in [0.25, 0.3) is 0 Å². The number of likely N-dealkylation sites (tertiary alicyclic amines) is 1. The van der Waals surface area contributed by atoms with Crippen molar-refractivity contribution in [1.29, 1.82) is 0 Å². The lowest BCUT2D eigenvalue weighted by molar-refractivity contribution is 0.0728. The molecule has 5 nitrogen and oxygen atoms in total. The number of aromatic nitrogens is 2. The summed E-state index contributed by atoms with van der Waals surface area (Å²) in [4.78, 5) is 14.3. The van der Waals surface area contributed by atoms with E-state index < -0.39 is 0 Å². The summed E-state index contributed by atoms with van der Waals surface area (Å²) >= 11 is 0. The Morgan fingerprint density at radius 3 is 2.94 bits per heavy atom. The molecule has 1 aromatic rings. The number of hydrogen-bond donors (Lipinski definition) is 0. The van der Waals surface area contributed by atoms with Crippen molar-refractivity contribution in [3.8, 4) is 5.88 Å². The van der Waals surface area contributed by atoms with Crippen LogP contribution in [0.3, 0.4) is 0 Å². The van der Waals surface area contributed by atoms with Gasteiger partial charge >= 0.3 is 0 Å². The molecule has 0 aliphatic carbocycles. The van der Waals surface area contributed by atoms with Crippen molar-refractivity contribution < 1.29 is 9.53 Å². The first-order valence-electron chi connectivity index (χ1n) is 6.68. The molecule has 18 heavy (non-hydrogen) atoms. The third kappa shape index (κ3) is 1.78. The highest BCUT2D eigenvalue weighted by Gasteiger charge is 2.33. The molecule has 1 aromatic heterocycles. The zero-order valence-corrected chi connectivity index (χ0v) is 10.9. The minimum absolute atomic E-state index is 0.0392. The molecule has 98 valence electrons. The minimum Gasteiger partial charge on any atom is -0.478 e. The van der Waals surface area contributed by atoms with Crippen molar-refractivity contribution in [3.63, 3.8) is 0 Å². The smallest absolute Gasteiger partial charge is 0.274 e. The Hall–Kier alpha value is -1.52. The van der Waals surface area contributed by atoms with Crippen LogP contribution in [0, 0.1) is 5.92 Å². The van der Waals surface area contributed by atoms with E-state index in [-0.39, 0.29) is 5.91 Å². The molecule has 2 aliphatic heterocycles. The van der Waals surface area contributed by atoms with Gasteiger partial charge in [0, 0.05) is 31.6 Å². The number of nitrogens with zero attached hydrogens (tertiary/aromatic N) is 3. The van der Waals surface area contributed by atoms with Gasteiger partial charge in [0.05, 0.1) is 6.61 Å². The lowest BCUT2D eigenvalue weighted by Gasteiger charge is -2.22. The van der Waals surface area contributed by atoms with E-state index in [1.54, 1.807) is 10.7 Å². The molecule has 0 radical (unpaired) electrons. The van der Waals surface area contributed by atoms with Gasteiger partial charge in [-0.15, -0.1) is 0 Å². The molecule has 2 atom stereocenters. The molecule has 0 bridgehead atoms. The summed E-state index contributed by atoms with van der Waals surface area (Å²) in [6, 6.07) is 2.08. The van der Waals surface area contributed by atoms with Gasteiger partial charge in [0.25, 0.3) is 5.91 Å². The number of aryl methyl sites for hydroxylation is 1. The zero-order chi connectivity index (χ0) is 12.7. The van der Waals surface area contributed by atoms with Crippen LogP contribution in [0.4, 0.5) is 0 Å². The summed E-state index contributed by atoms with van der Waals surface area (Å²) in [7, 11) is 0. The van der Waals surface area contributed by atoms with E-state index in [2.05, 4.69) is 18.9 Å². The summed E-state index contributed by atoms with van der Waals surface area (Å²) in [5, 5.41) is 4.36. The predicted molar refractivity (Wildman–Crippen MR) is 66.6 cm³/mol. The fourth-order valence-corrected chi connectivity index (χ4v) is 2.70. The molecule has 1 fully saturated rings. The van der Waals surface area contributed by atoms with Crippen molar-refractivity contribution in [2.45, 2.75) is 39.3 Å². The number of fused-ring (bicyclic) bond motifs is 1. The average molecular weight is 249 g/mol. The fourth-order valence-electron chi connectivity index (χ4n) is 2.70. The van der Waals surface area contributed by atoms with Gasteiger partial charge in [0.2, 0.25) is 5.88 Å². The van der Waals surface area contributed by atoms with Crippen molar-refractivity contribution in [2.75, 3.05) is 13.2 Å². The van der Waals surface area contributed by atoms with Gasteiger partial charge in [0.1, 0.15) is 0 Å². The Kier molecular flexibility index (Phi) is 2.76. The van der Waals surface area contributed by atoms with Crippen LogP contribution in [0.15, 0.2) is 6.07 Å². The maximum absolute atomic E-state index is 12.4. The summed E-state index contributed by atoms with van der Waals surface area (Å²) < 4.78 is 7.29. The Labute approximate surface area is 107 Å². The molecule has 1 amide bonds. The van der Waals surface area contributed by atoms with E-state index in [1.807, 2.05) is 4.90 Å². The molecule has 1 saturated heterocycles. The standard InChI is InChI=1S/C13H19N3O2/c1-9-4-6-15(10(9)2)13(17)11-8-12-16(14-11)5-3-7-18-12/h8-10H,3-7H2,1-2H3. The van der Waals surface area contributed by atoms with Crippen LogP contribution in [0.2, 0.25) is 0 Å². The van der Waals surface area contributed by atoms with Gasteiger partial charge in [0.15, 0.2) is 5.69 Å². The average Bonchev–Trinajstić information content (AvgIpc) is 2.94. The quantitative estimate of drug-likeness (QED) is 0.758. The second kappa shape index (κ2) is 4.30. The largest absolute Gasteiger partial charge is 0.478 e. The third-order valence-electron chi connectivity index (χ3n) is 4.13. The van der Waals surface area contributed by atoms with E-state index >= 15 is 0 Å². The SMILES string of the molecule is CC1CCN(C(=O)c2cc3n(n2)CCCO3)C1C. The number of amides is 1. The Morgan fingerprint density at radius 2 is 2.28 bits per heavy atom. The van der Waals surface area contributed by atoms with Crippen LogP contribution in [-0.2, 0) is 6.54 Å². The van der Waals surface area contributed by atoms with Gasteiger partial charge in [-0.1, -0.05) is 6.92 Å². The summed E-state index contributed by atoms with van der Waals surface area (Å²) in [6.45, 7) is 6.70. The van der Waals surface area contributed by atoms with Crippen LogP contribution < -0.4 is 4.74 Å². The first kappa shape index (κ1) is 11.6. The van der Waals surface area contributed by atoms with Crippen LogP contribution in [0.5, 0.6) is 5.88 Å². The van der Waals surface area contributed by atoms with Gasteiger partial charge in [-0.2, -0.15) is 5.10 Å². The van der Waals surface area contributed by atoms with E-state index in [4.69, 9.17) is 4.74 Å². The molecule has 3 rings (SSSR count). The predicted octanol–water partition coefficient (Wildman–Crippen LogP) is 1.54. The molecule has 5 heteroatoms. The molecule has 0 aromatic carbocycles. The molecule has 2 aliphatic rings. The molecule has 2 unspecified atom stereocenters. The van der Waals surface area contributed by atoms with Crippen molar-refractivity contribution in [1.82, 2.24) is 14.7 Å². The van der Waals surface area contributed by atoms with Gasteiger partial charge in [-0.25, -0.2) is 4.68 Å². The molecule has 0 spiro atoms. The normalized spacial score (nSPS) is 26.9. The van der Waals surface area contributed by atoms with E-state index in [9.17, 15) is 4.79 Å². The summed E-state index contributed by atoms with van der Waals surface area (Å²) in [6.07, 6.45) is 2.04. The molecular weight excluding hydrogens is 230 g/mol. The Bertz CT molecular complexity index is 445. The number of hydrogen-bond acceptors (Lipinski definition) is 3. The number of ether oxygens (including phenoxy) is 1. The summed E-state index contributed by atoms with van der Waals surface area (Å²) in [5.74, 6) is 1.34. The maximum Gasteiger partial charge on any atom is 0.274 e. The van der Waals surface area contributed by atoms with Crippen LogP contribution in [0.1, 0.15) is 37.2 Å². The topological polar surface area (TPSA) is 47.4 Å². The van der Waals surface area contributed by atoms with Crippen LogP contribution >= 0.6 is 0 Å². The monoisotopic (exact) mass is 249 g/mol. The first-order valence-corrected chi connectivity index (χ1v) is 6.68. The van der Waals surface area contributed by atoms with Crippen molar-refractivity contribution in [2.24, 2.45) is 5.92 Å². The third-order valence-corrected chi connectivity index (χ3v) is 4.13. The highest BCUT2D eigenvalue weighted by atomic mass is 16.5. The highest BCUT2D eigenvalue weighted by molar-refractivity contribution is 5.93. The Morgan fingerprint density at radius 1 is 1.44 bits per heavy atom. The van der Waals surface area contributed by atoms with E-state index in [0.717, 1.165) is 38.4 Å². The molecule has 3 heterocycles. The minimum atomic E-state index is 0.0392. The fraction of sp³-hybridized carbons (Fsp3) is 0.692. The van der Waals surface area contributed by atoms with Crippen LogP contribution in [-0.4, -0.2) is 39.8 Å². The lowest BCUT2D eigenvalue weighted by atomic mass is 10.1. The highest BCUT2D eigenvalue weighted by Crippen LogP contribution is 2.26. The lowest BCUT2D eigenvalue weighted by Crippen LogP contribution is -2.35. The summed E-state index contributed by atoms with van der Waals surface area (Å²) in [5.41, 5.74) is 0.521. The molecule has 0 saturated carbocycles. The first-order chi connectivity index (χ1) is 8.66. The Balaban J connectivity index is 1.82. The van der Waals surface area contributed by atoms with Gasteiger partial charge < -0.3 is 9.64 Å². The van der Waals surface area contributed by atoms with Gasteiger partial charge in [-0.3, -0.25) is 4.79 Å². The second-order valence-electron chi connectivity index (χ2n) is 5.30. The van der Waals surface area contributed by atoms with Gasteiger partial charge in [-0.05, 0) is 19.3 Å². The number of carbonyl (C=O) groups is 1. The van der Waals surface area contributed by atoms with E-state index in [1.165, 1.54) is 0 Å². The molecular formula is C13H19N3O2. The van der Waals surface area contributed by atoms with Crippen molar-refractivity contribution in [3.05, 3.63) is 11.8 Å². The number of carbonyl (C=O) groups excluding carboxylic acids is 1. The maximum atomic E-state index is 12.4. The molecule has 0 N–H and O–H groups in total. The zero-order valence-electron chi connectivity index (χ0n) is 10.9. The second-order valence-corrected chi connectivity index (χ2v) is 5.30. The number of rotatable bonds is 1. The van der Waals surface area contributed by atoms with Crippen molar-refractivity contribution >= 4 is 5.91 Å².